The Morgan fingerprint density at radius 2 is 1.84 bits per heavy atom. The Balaban J connectivity index is 1.11. The summed E-state index contributed by atoms with van der Waals surface area (Å²) >= 11 is 0. The number of hydrogen-bond acceptors (Lipinski definition) is 10. The minimum absolute atomic E-state index is 0.0405. The molecule has 2 aliphatic heterocycles. The lowest BCUT2D eigenvalue weighted by molar-refractivity contribution is -0.190. The van der Waals surface area contributed by atoms with E-state index in [0.29, 0.717) is 55.0 Å². The van der Waals surface area contributed by atoms with Crippen LogP contribution in [0.15, 0.2) is 60.9 Å². The quantitative estimate of drug-likeness (QED) is 0.255. The van der Waals surface area contributed by atoms with E-state index >= 15 is 0 Å². The third kappa shape index (κ3) is 5.44. The molecule has 3 fully saturated rings. The van der Waals surface area contributed by atoms with Gasteiger partial charge in [0.05, 0.1) is 51.0 Å². The summed E-state index contributed by atoms with van der Waals surface area (Å²) in [7, 11) is 1.59. The lowest BCUT2D eigenvalue weighted by Crippen LogP contribution is -2.55. The van der Waals surface area contributed by atoms with E-state index in [9.17, 15) is 9.59 Å². The number of rotatable bonds is 9. The minimum Gasteiger partial charge on any atom is -0.494 e. The normalized spacial score (nSPS) is 18.5. The summed E-state index contributed by atoms with van der Waals surface area (Å²) < 4.78 is 18.7. The molecule has 2 amide bonds. The van der Waals surface area contributed by atoms with Crippen LogP contribution in [0.4, 0.5) is 23.1 Å². The van der Waals surface area contributed by atoms with Crippen molar-refractivity contribution in [1.82, 2.24) is 24.6 Å². The number of nitrogens with one attached hydrogen (secondary N) is 2. The monoisotopic (exact) mass is 610 g/mol. The van der Waals surface area contributed by atoms with Gasteiger partial charge in [-0.2, -0.15) is 10.1 Å². The smallest absolute Gasteiger partial charge is 0.254 e. The Morgan fingerprint density at radius 3 is 2.51 bits per heavy atom. The molecule has 2 aromatic carbocycles. The molecule has 1 spiro atoms. The van der Waals surface area contributed by atoms with Crippen LogP contribution < -0.4 is 21.1 Å². The van der Waals surface area contributed by atoms with Gasteiger partial charge in [-0.05, 0) is 55.3 Å². The average Bonchev–Trinajstić information content (AvgIpc) is 3.49. The van der Waals surface area contributed by atoms with E-state index in [1.54, 1.807) is 36.3 Å². The minimum atomic E-state index is -0.682. The second-order valence-electron chi connectivity index (χ2n) is 11.5. The molecule has 13 heteroatoms. The summed E-state index contributed by atoms with van der Waals surface area (Å²) in [5, 5.41) is 11.3. The van der Waals surface area contributed by atoms with E-state index in [0.717, 1.165) is 37.3 Å². The molecule has 45 heavy (non-hydrogen) atoms. The van der Waals surface area contributed by atoms with Crippen molar-refractivity contribution in [2.24, 2.45) is 11.1 Å². The fraction of sp³-hybridized carbons (Fsp3) is 0.344. The van der Waals surface area contributed by atoms with Gasteiger partial charge >= 0.3 is 0 Å². The van der Waals surface area contributed by atoms with E-state index < -0.39 is 5.91 Å². The third-order valence-corrected chi connectivity index (χ3v) is 8.82. The first-order valence-electron chi connectivity index (χ1n) is 14.9. The van der Waals surface area contributed by atoms with Gasteiger partial charge in [0, 0.05) is 47.7 Å². The number of amides is 2. The van der Waals surface area contributed by atoms with Gasteiger partial charge in [-0.25, -0.2) is 4.98 Å². The van der Waals surface area contributed by atoms with Crippen molar-refractivity contribution in [2.45, 2.75) is 18.9 Å². The molecular weight excluding hydrogens is 576 g/mol. The summed E-state index contributed by atoms with van der Waals surface area (Å²) in [6, 6.07) is 15.0. The predicted octanol–water partition coefficient (Wildman–Crippen LogP) is 3.76. The summed E-state index contributed by atoms with van der Waals surface area (Å²) in [6.07, 6.45) is 5.62. The number of para-hydroxylation sites is 1. The van der Waals surface area contributed by atoms with E-state index in [2.05, 4.69) is 20.6 Å². The van der Waals surface area contributed by atoms with Crippen LogP contribution >= 0.6 is 0 Å². The molecule has 0 unspecified atom stereocenters. The number of anilines is 4. The molecule has 0 bridgehead atoms. The Morgan fingerprint density at radius 1 is 1.04 bits per heavy atom. The van der Waals surface area contributed by atoms with E-state index in [1.807, 2.05) is 35.1 Å². The largest absolute Gasteiger partial charge is 0.494 e. The molecule has 2 aromatic heterocycles. The van der Waals surface area contributed by atoms with Crippen LogP contribution in [-0.4, -0.2) is 83.1 Å². The SMILES string of the molecule is COc1c(Nc2nc(Nc3ccc(C(=O)N4CCOCC4)cc3)ncc2C(N)=O)cccc1-c1ccn([C@H]2CCC23COC3)n1. The van der Waals surface area contributed by atoms with Crippen LogP contribution in [0.5, 0.6) is 5.75 Å². The van der Waals surface area contributed by atoms with Crippen LogP contribution in [0.25, 0.3) is 11.3 Å². The van der Waals surface area contributed by atoms with Crippen LogP contribution in [0.1, 0.15) is 39.6 Å². The first-order chi connectivity index (χ1) is 21.9. The maximum Gasteiger partial charge on any atom is 0.254 e. The van der Waals surface area contributed by atoms with Crippen LogP contribution in [0, 0.1) is 5.41 Å². The van der Waals surface area contributed by atoms with Crippen LogP contribution in [0.2, 0.25) is 0 Å². The fourth-order valence-electron chi connectivity index (χ4n) is 6.13. The molecule has 232 valence electrons. The molecule has 0 radical (unpaired) electrons. The molecule has 2 saturated heterocycles. The van der Waals surface area contributed by atoms with Gasteiger partial charge in [-0.1, -0.05) is 6.07 Å². The Kier molecular flexibility index (Phi) is 7.55. The number of benzene rings is 2. The van der Waals surface area contributed by atoms with Gasteiger partial charge in [0.2, 0.25) is 5.95 Å². The van der Waals surface area contributed by atoms with Crippen LogP contribution in [0.3, 0.4) is 0 Å². The van der Waals surface area contributed by atoms with Crippen molar-refractivity contribution in [1.29, 1.82) is 0 Å². The van der Waals surface area contributed by atoms with Gasteiger partial charge in [0.15, 0.2) is 5.75 Å². The van der Waals surface area contributed by atoms with Crippen molar-refractivity contribution < 1.29 is 23.8 Å². The Labute approximate surface area is 259 Å². The second kappa shape index (κ2) is 11.8. The number of nitrogens with zero attached hydrogens (tertiary/aromatic N) is 5. The van der Waals surface area contributed by atoms with E-state index in [1.165, 1.54) is 6.20 Å². The summed E-state index contributed by atoms with van der Waals surface area (Å²) in [6.45, 7) is 3.79. The average molecular weight is 611 g/mol. The number of primary amides is 1. The predicted molar refractivity (Wildman–Crippen MR) is 166 cm³/mol. The number of carbonyl (C=O) groups is 2. The zero-order chi connectivity index (χ0) is 31.0. The lowest BCUT2D eigenvalue weighted by atomic mass is 9.63. The number of nitrogens with two attached hydrogens (primary N) is 1. The molecule has 4 aromatic rings. The number of ether oxygens (including phenoxy) is 3. The maximum absolute atomic E-state index is 12.8. The third-order valence-electron chi connectivity index (χ3n) is 8.82. The highest BCUT2D eigenvalue weighted by atomic mass is 16.5. The van der Waals surface area contributed by atoms with Gasteiger partial charge in [0.1, 0.15) is 11.4 Å². The number of aromatic nitrogens is 4. The van der Waals surface area contributed by atoms with Gasteiger partial charge in [-0.3, -0.25) is 14.3 Å². The molecule has 3 aliphatic rings. The Hall–Kier alpha value is -5.01. The lowest BCUT2D eigenvalue weighted by Gasteiger charge is -2.54. The highest BCUT2D eigenvalue weighted by molar-refractivity contribution is 5.98. The van der Waals surface area contributed by atoms with E-state index in [-0.39, 0.29) is 28.7 Å². The molecular formula is C32H34N8O5. The van der Waals surface area contributed by atoms with E-state index in [4.69, 9.17) is 25.0 Å². The van der Waals surface area contributed by atoms with Crippen molar-refractivity contribution in [3.63, 3.8) is 0 Å². The standard InChI is InChI=1S/C32H34N8O5/c1-43-27-22(24-10-12-40(38-24)26-9-11-32(26)18-45-19-32)3-2-4-25(27)36-29-23(28(33)41)17-34-31(37-29)35-21-7-5-20(6-8-21)30(42)39-13-15-44-16-14-39/h2-8,10,12,17,26H,9,11,13-16,18-19H2,1H3,(H2,33,41)(H2,34,35,36,37)/t26-/m0/s1. The maximum atomic E-state index is 12.8. The highest BCUT2D eigenvalue weighted by Crippen LogP contribution is 2.54. The number of methoxy groups -OCH3 is 1. The van der Waals surface area contributed by atoms with Gasteiger partial charge < -0.3 is 35.5 Å². The van der Waals surface area contributed by atoms with Crippen molar-refractivity contribution >= 4 is 35.0 Å². The molecule has 13 nitrogen and oxygen atoms in total. The number of morpholine rings is 1. The van der Waals surface area contributed by atoms with Crippen molar-refractivity contribution in [3.8, 4) is 17.0 Å². The second-order valence-corrected chi connectivity index (χ2v) is 11.5. The van der Waals surface area contributed by atoms with Gasteiger partial charge in [0.25, 0.3) is 11.8 Å². The zero-order valence-electron chi connectivity index (χ0n) is 24.9. The number of carbonyl (C=O) groups excluding carboxylic acids is 2. The summed E-state index contributed by atoms with van der Waals surface area (Å²) in [5.41, 5.74) is 9.40. The van der Waals surface area contributed by atoms with Gasteiger partial charge in [-0.15, -0.1) is 0 Å². The highest BCUT2D eigenvalue weighted by Gasteiger charge is 2.53. The molecule has 1 aliphatic carbocycles. The molecule has 1 atom stereocenters. The molecule has 1 saturated carbocycles. The zero-order valence-corrected chi connectivity index (χ0v) is 24.9. The van der Waals surface area contributed by atoms with Crippen molar-refractivity contribution in [3.05, 3.63) is 72.1 Å². The van der Waals surface area contributed by atoms with Crippen LogP contribution in [-0.2, 0) is 9.47 Å². The molecule has 7 rings (SSSR count). The Bertz CT molecular complexity index is 1720. The van der Waals surface area contributed by atoms with Crippen molar-refractivity contribution in [2.75, 3.05) is 57.3 Å². The molecule has 4 heterocycles. The summed E-state index contributed by atoms with van der Waals surface area (Å²) in [4.78, 5) is 35.7. The fourth-order valence-corrected chi connectivity index (χ4v) is 6.13. The number of hydrogen-bond donors (Lipinski definition) is 3. The topological polar surface area (TPSA) is 159 Å². The molecule has 4 N–H and O–H groups in total. The first kappa shape index (κ1) is 28.7. The first-order valence-corrected chi connectivity index (χ1v) is 14.9. The summed E-state index contributed by atoms with van der Waals surface area (Å²) in [5.74, 6) is 0.265.